The van der Waals surface area contributed by atoms with Crippen LogP contribution >= 0.6 is 12.2 Å². The standard InChI is InChI=1S/C15H21N3O3S/c1-10-7-12(17-15(16)22)8-11(2)14(10)21-9-13(19)18-3-5-20-6-4-18/h7-8H,3-6,9H2,1-2H3,(H3,16,17,22). The molecule has 6 nitrogen and oxygen atoms in total. The molecule has 0 unspecified atom stereocenters. The van der Waals surface area contributed by atoms with Gasteiger partial charge in [0.25, 0.3) is 5.91 Å². The zero-order valence-electron chi connectivity index (χ0n) is 12.8. The van der Waals surface area contributed by atoms with E-state index < -0.39 is 0 Å². The number of amides is 1. The maximum absolute atomic E-state index is 12.1. The summed E-state index contributed by atoms with van der Waals surface area (Å²) in [7, 11) is 0. The number of hydrogen-bond donors (Lipinski definition) is 2. The molecule has 0 radical (unpaired) electrons. The Bertz CT molecular complexity index is 548. The second-order valence-corrected chi connectivity index (χ2v) is 5.65. The van der Waals surface area contributed by atoms with E-state index in [1.807, 2.05) is 26.0 Å². The fourth-order valence-corrected chi connectivity index (χ4v) is 2.55. The molecule has 1 aromatic carbocycles. The summed E-state index contributed by atoms with van der Waals surface area (Å²) >= 11 is 4.83. The molecule has 1 aliphatic rings. The Kier molecular flexibility index (Phi) is 5.57. The number of rotatable bonds is 4. The van der Waals surface area contributed by atoms with Crippen LogP contribution in [0.15, 0.2) is 12.1 Å². The van der Waals surface area contributed by atoms with Gasteiger partial charge in [0.2, 0.25) is 0 Å². The SMILES string of the molecule is Cc1cc(NC(N)=S)cc(C)c1OCC(=O)N1CCOCC1. The molecule has 0 aromatic heterocycles. The minimum atomic E-state index is -0.0209. The molecule has 7 heteroatoms. The molecule has 0 spiro atoms. The van der Waals surface area contributed by atoms with E-state index >= 15 is 0 Å². The van der Waals surface area contributed by atoms with Gasteiger partial charge < -0.3 is 25.4 Å². The Morgan fingerprint density at radius 2 is 1.95 bits per heavy atom. The van der Waals surface area contributed by atoms with Crippen LogP contribution in [-0.4, -0.2) is 48.8 Å². The number of carbonyl (C=O) groups excluding carboxylic acids is 1. The van der Waals surface area contributed by atoms with Crippen LogP contribution in [0.25, 0.3) is 0 Å². The van der Waals surface area contributed by atoms with Crippen molar-refractivity contribution in [3.05, 3.63) is 23.3 Å². The van der Waals surface area contributed by atoms with Gasteiger partial charge in [-0.15, -0.1) is 0 Å². The van der Waals surface area contributed by atoms with Gasteiger partial charge in [-0.25, -0.2) is 0 Å². The summed E-state index contributed by atoms with van der Waals surface area (Å²) in [4.78, 5) is 13.9. The first-order chi connectivity index (χ1) is 10.5. The highest BCUT2D eigenvalue weighted by molar-refractivity contribution is 7.80. The van der Waals surface area contributed by atoms with Crippen molar-refractivity contribution in [2.24, 2.45) is 5.73 Å². The summed E-state index contributed by atoms with van der Waals surface area (Å²) in [5.41, 5.74) is 8.14. The van der Waals surface area contributed by atoms with Crippen LogP contribution in [0.1, 0.15) is 11.1 Å². The lowest BCUT2D eigenvalue weighted by Gasteiger charge is -2.27. The lowest BCUT2D eigenvalue weighted by molar-refractivity contribution is -0.137. The molecule has 1 heterocycles. The number of hydrogen-bond acceptors (Lipinski definition) is 4. The molecule has 22 heavy (non-hydrogen) atoms. The van der Waals surface area contributed by atoms with Gasteiger partial charge in [0.15, 0.2) is 11.7 Å². The Balaban J connectivity index is 2.00. The predicted octanol–water partition coefficient (Wildman–Crippen LogP) is 1.20. The van der Waals surface area contributed by atoms with E-state index in [9.17, 15) is 4.79 Å². The fourth-order valence-electron chi connectivity index (χ4n) is 2.43. The van der Waals surface area contributed by atoms with E-state index in [-0.39, 0.29) is 17.6 Å². The quantitative estimate of drug-likeness (QED) is 0.811. The molecule has 1 saturated heterocycles. The van der Waals surface area contributed by atoms with Crippen LogP contribution in [0.4, 0.5) is 5.69 Å². The maximum atomic E-state index is 12.1. The van der Waals surface area contributed by atoms with Gasteiger partial charge in [0, 0.05) is 18.8 Å². The number of morpholine rings is 1. The van der Waals surface area contributed by atoms with Crippen molar-refractivity contribution in [2.75, 3.05) is 38.2 Å². The first kappa shape index (κ1) is 16.5. The Hall–Kier alpha value is -1.86. The highest BCUT2D eigenvalue weighted by atomic mass is 32.1. The Morgan fingerprint density at radius 3 is 2.50 bits per heavy atom. The van der Waals surface area contributed by atoms with E-state index in [2.05, 4.69) is 5.32 Å². The van der Waals surface area contributed by atoms with Gasteiger partial charge in [-0.3, -0.25) is 4.79 Å². The van der Waals surface area contributed by atoms with Gasteiger partial charge in [-0.2, -0.15) is 0 Å². The van der Waals surface area contributed by atoms with E-state index in [4.69, 9.17) is 27.4 Å². The summed E-state index contributed by atoms with van der Waals surface area (Å²) in [6.45, 7) is 6.29. The van der Waals surface area contributed by atoms with Crippen molar-refractivity contribution >= 4 is 28.9 Å². The largest absolute Gasteiger partial charge is 0.483 e. The number of anilines is 1. The first-order valence-electron chi connectivity index (χ1n) is 7.13. The van der Waals surface area contributed by atoms with Gasteiger partial charge >= 0.3 is 0 Å². The number of nitrogens with two attached hydrogens (primary N) is 1. The monoisotopic (exact) mass is 323 g/mol. The van der Waals surface area contributed by atoms with Crippen LogP contribution in [0, 0.1) is 13.8 Å². The minimum absolute atomic E-state index is 0.0209. The number of ether oxygens (including phenoxy) is 2. The highest BCUT2D eigenvalue weighted by Gasteiger charge is 2.18. The van der Waals surface area contributed by atoms with Crippen LogP contribution in [-0.2, 0) is 9.53 Å². The molecule has 1 aromatic rings. The van der Waals surface area contributed by atoms with E-state index in [1.54, 1.807) is 4.90 Å². The fraction of sp³-hybridized carbons (Fsp3) is 0.467. The summed E-state index contributed by atoms with van der Waals surface area (Å²) in [5.74, 6) is 0.697. The maximum Gasteiger partial charge on any atom is 0.260 e. The van der Waals surface area contributed by atoms with Crippen molar-refractivity contribution < 1.29 is 14.3 Å². The summed E-state index contributed by atoms with van der Waals surface area (Å²) < 4.78 is 11.0. The number of nitrogens with zero attached hydrogens (tertiary/aromatic N) is 1. The van der Waals surface area contributed by atoms with Crippen molar-refractivity contribution in [3.8, 4) is 5.75 Å². The molecular formula is C15H21N3O3S. The molecule has 0 bridgehead atoms. The van der Waals surface area contributed by atoms with Crippen molar-refractivity contribution in [2.45, 2.75) is 13.8 Å². The third-order valence-electron chi connectivity index (χ3n) is 3.43. The average molecular weight is 323 g/mol. The van der Waals surface area contributed by atoms with Crippen LogP contribution < -0.4 is 15.8 Å². The number of carbonyl (C=O) groups is 1. The summed E-state index contributed by atoms with van der Waals surface area (Å²) in [6, 6.07) is 3.78. The summed E-state index contributed by atoms with van der Waals surface area (Å²) in [5, 5.41) is 3.11. The van der Waals surface area contributed by atoms with Crippen LogP contribution in [0.3, 0.4) is 0 Å². The lowest BCUT2D eigenvalue weighted by atomic mass is 10.1. The third-order valence-corrected chi connectivity index (χ3v) is 3.53. The first-order valence-corrected chi connectivity index (χ1v) is 7.54. The molecule has 1 aliphatic heterocycles. The zero-order chi connectivity index (χ0) is 16.1. The molecular weight excluding hydrogens is 302 g/mol. The van der Waals surface area contributed by atoms with Gasteiger partial charge in [0.1, 0.15) is 5.75 Å². The smallest absolute Gasteiger partial charge is 0.260 e. The Labute approximate surface area is 135 Å². The zero-order valence-corrected chi connectivity index (χ0v) is 13.7. The minimum Gasteiger partial charge on any atom is -0.483 e. The van der Waals surface area contributed by atoms with Gasteiger partial charge in [0.05, 0.1) is 13.2 Å². The highest BCUT2D eigenvalue weighted by Crippen LogP contribution is 2.27. The number of aryl methyl sites for hydroxylation is 2. The van der Waals surface area contributed by atoms with Crippen LogP contribution in [0.2, 0.25) is 0 Å². The average Bonchev–Trinajstić information content (AvgIpc) is 2.46. The predicted molar refractivity (Wildman–Crippen MR) is 89.2 cm³/mol. The number of benzene rings is 1. The van der Waals surface area contributed by atoms with Crippen molar-refractivity contribution in [3.63, 3.8) is 0 Å². The second-order valence-electron chi connectivity index (χ2n) is 5.21. The second kappa shape index (κ2) is 7.42. The third kappa shape index (κ3) is 4.32. The molecule has 0 aliphatic carbocycles. The molecule has 0 atom stereocenters. The van der Waals surface area contributed by atoms with Crippen molar-refractivity contribution in [1.82, 2.24) is 4.90 Å². The normalized spacial score (nSPS) is 14.5. The molecule has 0 saturated carbocycles. The topological polar surface area (TPSA) is 76.8 Å². The Morgan fingerprint density at radius 1 is 1.36 bits per heavy atom. The van der Waals surface area contributed by atoms with E-state index in [1.165, 1.54) is 0 Å². The molecule has 3 N–H and O–H groups in total. The van der Waals surface area contributed by atoms with Crippen molar-refractivity contribution in [1.29, 1.82) is 0 Å². The van der Waals surface area contributed by atoms with E-state index in [0.717, 1.165) is 22.6 Å². The lowest BCUT2D eigenvalue weighted by Crippen LogP contribution is -2.43. The van der Waals surface area contributed by atoms with Crippen LogP contribution in [0.5, 0.6) is 5.75 Å². The summed E-state index contributed by atoms with van der Waals surface area (Å²) in [6.07, 6.45) is 0. The molecule has 1 amide bonds. The molecule has 1 fully saturated rings. The number of thiocarbonyl (C=S) groups is 1. The van der Waals surface area contributed by atoms with E-state index in [0.29, 0.717) is 26.3 Å². The number of nitrogens with one attached hydrogen (secondary N) is 1. The van der Waals surface area contributed by atoms with Gasteiger partial charge in [-0.1, -0.05) is 0 Å². The van der Waals surface area contributed by atoms with Gasteiger partial charge in [-0.05, 0) is 49.3 Å². The molecule has 2 rings (SSSR count). The molecule has 120 valence electrons.